The second-order valence-corrected chi connectivity index (χ2v) is 4.95. The van der Waals surface area contributed by atoms with E-state index in [9.17, 15) is 13.6 Å². The number of hydrogen-bond donors (Lipinski definition) is 1. The molecule has 0 radical (unpaired) electrons. The Morgan fingerprint density at radius 2 is 1.71 bits per heavy atom. The van der Waals surface area contributed by atoms with Crippen LogP contribution in [-0.4, -0.2) is 26.7 Å². The SMILES string of the molecule is COc1ccc(C(=O)Nc2ccc(OC(F)F)c(Cl)c2)cc1OC. The topological polar surface area (TPSA) is 56.8 Å². The van der Waals surface area contributed by atoms with E-state index in [1.807, 2.05) is 0 Å². The molecule has 2 aromatic rings. The molecule has 8 heteroatoms. The number of benzene rings is 2. The fourth-order valence-corrected chi connectivity index (χ4v) is 2.18. The molecule has 128 valence electrons. The second-order valence-electron chi connectivity index (χ2n) is 4.55. The number of rotatable bonds is 6. The summed E-state index contributed by atoms with van der Waals surface area (Å²) in [5, 5.41) is 2.56. The van der Waals surface area contributed by atoms with Gasteiger partial charge in [-0.15, -0.1) is 0 Å². The third kappa shape index (κ3) is 4.26. The lowest BCUT2D eigenvalue weighted by Crippen LogP contribution is -2.12. The molecule has 0 aliphatic heterocycles. The molecule has 0 aliphatic rings. The number of carbonyl (C=O) groups excluding carboxylic acids is 1. The Balaban J connectivity index is 2.16. The number of alkyl halides is 2. The van der Waals surface area contributed by atoms with Crippen LogP contribution in [0.3, 0.4) is 0 Å². The molecule has 0 unspecified atom stereocenters. The van der Waals surface area contributed by atoms with E-state index in [0.717, 1.165) is 0 Å². The summed E-state index contributed by atoms with van der Waals surface area (Å²) in [5.41, 5.74) is 0.665. The molecule has 1 amide bonds. The summed E-state index contributed by atoms with van der Waals surface area (Å²) in [6, 6.07) is 8.65. The number of halogens is 3. The largest absolute Gasteiger partial charge is 0.493 e. The first-order valence-corrected chi connectivity index (χ1v) is 7.10. The maximum absolute atomic E-state index is 12.3. The van der Waals surface area contributed by atoms with Crippen LogP contribution in [0, 0.1) is 0 Å². The van der Waals surface area contributed by atoms with Crippen molar-refractivity contribution >= 4 is 23.2 Å². The predicted octanol–water partition coefficient (Wildman–Crippen LogP) is 4.21. The van der Waals surface area contributed by atoms with Crippen LogP contribution < -0.4 is 19.5 Å². The van der Waals surface area contributed by atoms with Crippen LogP contribution in [-0.2, 0) is 0 Å². The quantitative estimate of drug-likeness (QED) is 0.841. The molecule has 0 fully saturated rings. The molecule has 1 N–H and O–H groups in total. The molecule has 0 saturated heterocycles. The smallest absolute Gasteiger partial charge is 0.387 e. The fraction of sp³-hybridized carbons (Fsp3) is 0.188. The predicted molar refractivity (Wildman–Crippen MR) is 85.6 cm³/mol. The second kappa shape index (κ2) is 7.83. The van der Waals surface area contributed by atoms with Gasteiger partial charge in [0.25, 0.3) is 5.91 Å². The van der Waals surface area contributed by atoms with Crippen LogP contribution in [0.5, 0.6) is 17.2 Å². The number of nitrogens with one attached hydrogen (secondary N) is 1. The molecule has 0 atom stereocenters. The molecule has 2 rings (SSSR count). The standard InChI is InChI=1S/C16H14ClF2NO4/c1-22-13-5-3-9(7-14(13)23-2)15(21)20-10-4-6-12(11(17)8-10)24-16(18)19/h3-8,16H,1-2H3,(H,20,21). The molecule has 2 aromatic carbocycles. The Kier molecular flexibility index (Phi) is 5.81. The molecule has 0 bridgehead atoms. The normalized spacial score (nSPS) is 10.4. The molecule has 0 heterocycles. The Morgan fingerprint density at radius 1 is 1.04 bits per heavy atom. The fourth-order valence-electron chi connectivity index (χ4n) is 1.95. The Hall–Kier alpha value is -2.54. The first-order valence-electron chi connectivity index (χ1n) is 6.72. The third-order valence-electron chi connectivity index (χ3n) is 3.05. The van der Waals surface area contributed by atoms with E-state index in [-0.39, 0.29) is 10.8 Å². The highest BCUT2D eigenvalue weighted by atomic mass is 35.5. The Labute approximate surface area is 142 Å². The van der Waals surface area contributed by atoms with E-state index in [0.29, 0.717) is 22.7 Å². The lowest BCUT2D eigenvalue weighted by molar-refractivity contribution is -0.0497. The number of hydrogen-bond acceptors (Lipinski definition) is 4. The highest BCUT2D eigenvalue weighted by Crippen LogP contribution is 2.30. The van der Waals surface area contributed by atoms with Crippen LogP contribution in [0.2, 0.25) is 5.02 Å². The average Bonchev–Trinajstić information content (AvgIpc) is 2.56. The zero-order valence-corrected chi connectivity index (χ0v) is 13.6. The molecule has 0 spiro atoms. The summed E-state index contributed by atoms with van der Waals surface area (Å²) in [7, 11) is 2.95. The van der Waals surface area contributed by atoms with Crippen molar-refractivity contribution in [2.75, 3.05) is 19.5 Å². The van der Waals surface area contributed by atoms with Crippen molar-refractivity contribution in [3.63, 3.8) is 0 Å². The molecule has 5 nitrogen and oxygen atoms in total. The van der Waals surface area contributed by atoms with Gasteiger partial charge in [0.05, 0.1) is 19.2 Å². The van der Waals surface area contributed by atoms with E-state index in [4.69, 9.17) is 21.1 Å². The zero-order valence-electron chi connectivity index (χ0n) is 12.8. The maximum Gasteiger partial charge on any atom is 0.387 e. The summed E-state index contributed by atoms with van der Waals surface area (Å²) >= 11 is 5.84. The summed E-state index contributed by atoms with van der Waals surface area (Å²) in [4.78, 5) is 12.3. The first kappa shape index (κ1) is 17.8. The van der Waals surface area contributed by atoms with Crippen LogP contribution in [0.4, 0.5) is 14.5 Å². The first-order chi connectivity index (χ1) is 11.4. The van der Waals surface area contributed by atoms with Gasteiger partial charge < -0.3 is 19.5 Å². The van der Waals surface area contributed by atoms with Crippen LogP contribution in [0.1, 0.15) is 10.4 Å². The van der Waals surface area contributed by atoms with Gasteiger partial charge in [-0.2, -0.15) is 8.78 Å². The number of amides is 1. The highest BCUT2D eigenvalue weighted by Gasteiger charge is 2.13. The van der Waals surface area contributed by atoms with Crippen molar-refractivity contribution in [1.82, 2.24) is 0 Å². The Morgan fingerprint density at radius 3 is 2.29 bits per heavy atom. The summed E-state index contributed by atoms with van der Waals surface area (Å²) < 4.78 is 38.9. The van der Waals surface area contributed by atoms with E-state index < -0.39 is 12.5 Å². The van der Waals surface area contributed by atoms with Crippen molar-refractivity contribution in [3.8, 4) is 17.2 Å². The van der Waals surface area contributed by atoms with Crippen LogP contribution >= 0.6 is 11.6 Å². The highest BCUT2D eigenvalue weighted by molar-refractivity contribution is 6.32. The molecule has 24 heavy (non-hydrogen) atoms. The van der Waals surface area contributed by atoms with Crippen LogP contribution in [0.25, 0.3) is 0 Å². The molecule has 0 saturated carbocycles. The average molecular weight is 358 g/mol. The molecule has 0 aliphatic carbocycles. The van der Waals surface area contributed by atoms with E-state index in [1.54, 1.807) is 12.1 Å². The number of carbonyl (C=O) groups is 1. The summed E-state index contributed by atoms with van der Waals surface area (Å²) in [6.45, 7) is -2.98. The van der Waals surface area contributed by atoms with Crippen molar-refractivity contribution < 1.29 is 27.8 Å². The number of anilines is 1. The van der Waals surface area contributed by atoms with Gasteiger partial charge in [-0.25, -0.2) is 0 Å². The maximum atomic E-state index is 12.3. The monoisotopic (exact) mass is 357 g/mol. The minimum atomic E-state index is -2.98. The minimum absolute atomic E-state index is 0.0413. The molecular weight excluding hydrogens is 344 g/mol. The number of ether oxygens (including phenoxy) is 3. The minimum Gasteiger partial charge on any atom is -0.493 e. The lowest BCUT2D eigenvalue weighted by atomic mass is 10.2. The van der Waals surface area contributed by atoms with E-state index in [2.05, 4.69) is 10.1 Å². The summed E-state index contributed by atoms with van der Waals surface area (Å²) in [6.07, 6.45) is 0. The molecular formula is C16H14ClF2NO4. The van der Waals surface area contributed by atoms with Crippen LogP contribution in [0.15, 0.2) is 36.4 Å². The van der Waals surface area contributed by atoms with Crippen molar-refractivity contribution in [2.45, 2.75) is 6.61 Å². The van der Waals surface area contributed by atoms with Gasteiger partial charge in [0, 0.05) is 11.3 Å². The van der Waals surface area contributed by atoms with Gasteiger partial charge in [-0.3, -0.25) is 4.79 Å². The Bertz CT molecular complexity index is 740. The van der Waals surface area contributed by atoms with Gasteiger partial charge in [-0.1, -0.05) is 11.6 Å². The lowest BCUT2D eigenvalue weighted by Gasteiger charge is -2.11. The van der Waals surface area contributed by atoms with Gasteiger partial charge in [0.15, 0.2) is 11.5 Å². The van der Waals surface area contributed by atoms with Gasteiger partial charge >= 0.3 is 6.61 Å². The van der Waals surface area contributed by atoms with Crippen molar-refractivity contribution in [1.29, 1.82) is 0 Å². The van der Waals surface area contributed by atoms with Gasteiger partial charge in [-0.05, 0) is 36.4 Å². The molecule has 0 aromatic heterocycles. The van der Waals surface area contributed by atoms with Gasteiger partial charge in [0.2, 0.25) is 0 Å². The van der Waals surface area contributed by atoms with Crippen molar-refractivity contribution in [2.24, 2.45) is 0 Å². The number of methoxy groups -OCH3 is 2. The third-order valence-corrected chi connectivity index (χ3v) is 3.35. The summed E-state index contributed by atoms with van der Waals surface area (Å²) in [5.74, 6) is 0.305. The van der Waals surface area contributed by atoms with Crippen molar-refractivity contribution in [3.05, 3.63) is 47.0 Å². The van der Waals surface area contributed by atoms with E-state index >= 15 is 0 Å². The van der Waals surface area contributed by atoms with Gasteiger partial charge in [0.1, 0.15) is 5.75 Å². The zero-order chi connectivity index (χ0) is 17.7. The van der Waals surface area contributed by atoms with E-state index in [1.165, 1.54) is 38.5 Å².